The summed E-state index contributed by atoms with van der Waals surface area (Å²) in [7, 11) is 0. The number of benzene rings is 2. The van der Waals surface area contributed by atoms with Crippen molar-refractivity contribution in [1.82, 2.24) is 0 Å². The molecule has 2 aromatic carbocycles. The van der Waals surface area contributed by atoms with Crippen molar-refractivity contribution in [3.63, 3.8) is 0 Å². The van der Waals surface area contributed by atoms with Gasteiger partial charge in [0, 0.05) is 0 Å². The number of rotatable bonds is 1. The molecular formula is C16H16Cl2. The highest BCUT2D eigenvalue weighted by molar-refractivity contribution is 6.42. The summed E-state index contributed by atoms with van der Waals surface area (Å²) < 4.78 is 0. The van der Waals surface area contributed by atoms with Crippen molar-refractivity contribution in [2.45, 2.75) is 26.2 Å². The van der Waals surface area contributed by atoms with Crippen LogP contribution in [-0.4, -0.2) is 0 Å². The second-order valence-electron chi connectivity index (χ2n) is 5.42. The fraction of sp³-hybridized carbons (Fsp3) is 0.250. The first-order valence-electron chi connectivity index (χ1n) is 5.94. The number of hydrogen-bond acceptors (Lipinski definition) is 0. The third-order valence-corrected chi connectivity index (χ3v) is 3.70. The van der Waals surface area contributed by atoms with E-state index in [0.717, 1.165) is 5.56 Å². The molecule has 0 aliphatic heterocycles. The summed E-state index contributed by atoms with van der Waals surface area (Å²) in [6.07, 6.45) is 0. The van der Waals surface area contributed by atoms with E-state index in [-0.39, 0.29) is 5.41 Å². The summed E-state index contributed by atoms with van der Waals surface area (Å²) in [5, 5.41) is 1.19. The van der Waals surface area contributed by atoms with Crippen molar-refractivity contribution in [3.8, 4) is 11.1 Å². The van der Waals surface area contributed by atoms with Crippen LogP contribution in [0.15, 0.2) is 42.5 Å². The highest BCUT2D eigenvalue weighted by Crippen LogP contribution is 2.35. The molecule has 2 aromatic rings. The van der Waals surface area contributed by atoms with Gasteiger partial charge in [-0.05, 0) is 34.2 Å². The van der Waals surface area contributed by atoms with E-state index in [1.165, 1.54) is 11.1 Å². The van der Waals surface area contributed by atoms with Crippen molar-refractivity contribution >= 4 is 23.2 Å². The van der Waals surface area contributed by atoms with Crippen molar-refractivity contribution < 1.29 is 0 Å². The molecule has 0 amide bonds. The van der Waals surface area contributed by atoms with Gasteiger partial charge in [-0.2, -0.15) is 0 Å². The molecule has 0 saturated carbocycles. The maximum atomic E-state index is 6.10. The van der Waals surface area contributed by atoms with E-state index in [2.05, 4.69) is 39.0 Å². The van der Waals surface area contributed by atoms with E-state index >= 15 is 0 Å². The van der Waals surface area contributed by atoms with E-state index in [4.69, 9.17) is 23.2 Å². The lowest BCUT2D eigenvalue weighted by Gasteiger charge is -2.23. The molecule has 0 radical (unpaired) electrons. The van der Waals surface area contributed by atoms with Gasteiger partial charge in [-0.25, -0.2) is 0 Å². The third kappa shape index (κ3) is 2.71. The molecule has 0 unspecified atom stereocenters. The number of hydrogen-bond donors (Lipinski definition) is 0. The van der Waals surface area contributed by atoms with Gasteiger partial charge in [0.2, 0.25) is 0 Å². The Balaban J connectivity index is 2.61. The molecule has 0 N–H and O–H groups in total. The third-order valence-electron chi connectivity index (χ3n) is 2.97. The first-order chi connectivity index (χ1) is 8.39. The van der Waals surface area contributed by atoms with Gasteiger partial charge in [-0.15, -0.1) is 0 Å². The van der Waals surface area contributed by atoms with Gasteiger partial charge in [0.25, 0.3) is 0 Å². The van der Waals surface area contributed by atoms with Crippen LogP contribution in [0.25, 0.3) is 11.1 Å². The minimum Gasteiger partial charge on any atom is -0.0827 e. The quantitative estimate of drug-likeness (QED) is 0.604. The Bertz CT molecular complexity index is 566. The Morgan fingerprint density at radius 1 is 0.833 bits per heavy atom. The first-order valence-corrected chi connectivity index (χ1v) is 6.70. The Hall–Kier alpha value is -0.980. The molecule has 18 heavy (non-hydrogen) atoms. The Labute approximate surface area is 119 Å². The van der Waals surface area contributed by atoms with Gasteiger partial charge in [0.05, 0.1) is 10.0 Å². The van der Waals surface area contributed by atoms with E-state index in [0.29, 0.717) is 10.0 Å². The van der Waals surface area contributed by atoms with Gasteiger partial charge in [0.1, 0.15) is 0 Å². The molecule has 0 bridgehead atoms. The maximum absolute atomic E-state index is 6.10. The molecule has 0 aliphatic carbocycles. The normalized spacial score (nSPS) is 11.6. The van der Waals surface area contributed by atoms with Gasteiger partial charge < -0.3 is 0 Å². The molecule has 0 spiro atoms. The van der Waals surface area contributed by atoms with Gasteiger partial charge >= 0.3 is 0 Å². The maximum Gasteiger partial charge on any atom is 0.0598 e. The van der Waals surface area contributed by atoms with Crippen LogP contribution in [0.1, 0.15) is 26.3 Å². The van der Waals surface area contributed by atoms with Gasteiger partial charge in [-0.1, -0.05) is 74.3 Å². The minimum atomic E-state index is 0.0999. The largest absolute Gasteiger partial charge is 0.0827 e. The van der Waals surface area contributed by atoms with Crippen LogP contribution in [0.2, 0.25) is 10.0 Å². The van der Waals surface area contributed by atoms with Crippen LogP contribution >= 0.6 is 23.2 Å². The summed E-state index contributed by atoms with van der Waals surface area (Å²) in [4.78, 5) is 0. The smallest absolute Gasteiger partial charge is 0.0598 e. The lowest BCUT2D eigenvalue weighted by Crippen LogP contribution is -2.12. The van der Waals surface area contributed by atoms with Crippen molar-refractivity contribution in [2.75, 3.05) is 0 Å². The zero-order valence-corrected chi connectivity index (χ0v) is 12.3. The zero-order chi connectivity index (χ0) is 13.3. The average Bonchev–Trinajstić information content (AvgIpc) is 2.32. The lowest BCUT2D eigenvalue weighted by atomic mass is 9.82. The summed E-state index contributed by atoms with van der Waals surface area (Å²) >= 11 is 12.1. The van der Waals surface area contributed by atoms with Gasteiger partial charge in [-0.3, -0.25) is 0 Å². The molecule has 0 fully saturated rings. The molecule has 0 nitrogen and oxygen atoms in total. The summed E-state index contributed by atoms with van der Waals surface area (Å²) in [6.45, 7) is 6.63. The van der Waals surface area contributed by atoms with Crippen LogP contribution in [0.3, 0.4) is 0 Å². The van der Waals surface area contributed by atoms with E-state index < -0.39 is 0 Å². The van der Waals surface area contributed by atoms with Crippen LogP contribution in [0.4, 0.5) is 0 Å². The van der Waals surface area contributed by atoms with E-state index in [1.807, 2.05) is 24.3 Å². The standard InChI is InChI=1S/C16H16Cl2/c1-16(2,3)13-7-5-4-6-12(13)11-8-9-14(17)15(18)10-11/h4-10H,1-3H3. The lowest BCUT2D eigenvalue weighted by molar-refractivity contribution is 0.592. The monoisotopic (exact) mass is 278 g/mol. The topological polar surface area (TPSA) is 0 Å². The highest BCUT2D eigenvalue weighted by Gasteiger charge is 2.18. The molecule has 2 rings (SSSR count). The van der Waals surface area contributed by atoms with E-state index in [1.54, 1.807) is 0 Å². The van der Waals surface area contributed by atoms with Crippen LogP contribution in [0.5, 0.6) is 0 Å². The van der Waals surface area contributed by atoms with Crippen molar-refractivity contribution in [2.24, 2.45) is 0 Å². The van der Waals surface area contributed by atoms with E-state index in [9.17, 15) is 0 Å². The molecule has 2 heteroatoms. The average molecular weight is 279 g/mol. The van der Waals surface area contributed by atoms with Gasteiger partial charge in [0.15, 0.2) is 0 Å². The second-order valence-corrected chi connectivity index (χ2v) is 6.24. The zero-order valence-electron chi connectivity index (χ0n) is 10.8. The second kappa shape index (κ2) is 4.95. The first kappa shape index (κ1) is 13.5. The summed E-state index contributed by atoms with van der Waals surface area (Å²) in [5.41, 5.74) is 3.73. The van der Waals surface area contributed by atoms with Crippen LogP contribution in [-0.2, 0) is 5.41 Å². The Kier molecular flexibility index (Phi) is 3.70. The highest BCUT2D eigenvalue weighted by atomic mass is 35.5. The summed E-state index contributed by atoms with van der Waals surface area (Å²) in [5.74, 6) is 0. The number of halogens is 2. The fourth-order valence-corrected chi connectivity index (χ4v) is 2.35. The summed E-state index contributed by atoms with van der Waals surface area (Å²) in [6, 6.07) is 14.2. The molecule has 0 atom stereocenters. The molecular weight excluding hydrogens is 263 g/mol. The minimum absolute atomic E-state index is 0.0999. The van der Waals surface area contributed by atoms with Crippen LogP contribution < -0.4 is 0 Å². The fourth-order valence-electron chi connectivity index (χ4n) is 2.05. The molecule has 0 saturated heterocycles. The van der Waals surface area contributed by atoms with Crippen molar-refractivity contribution in [3.05, 3.63) is 58.1 Å². The van der Waals surface area contributed by atoms with Crippen LogP contribution in [0, 0.1) is 0 Å². The predicted molar refractivity (Wildman–Crippen MR) is 80.6 cm³/mol. The molecule has 94 valence electrons. The molecule has 0 heterocycles. The SMILES string of the molecule is CC(C)(C)c1ccccc1-c1ccc(Cl)c(Cl)c1. The molecule has 0 aromatic heterocycles. The Morgan fingerprint density at radius 2 is 1.50 bits per heavy atom. The predicted octanol–water partition coefficient (Wildman–Crippen LogP) is 5.96. The Morgan fingerprint density at radius 3 is 2.11 bits per heavy atom. The molecule has 0 aliphatic rings. The van der Waals surface area contributed by atoms with Crippen molar-refractivity contribution in [1.29, 1.82) is 0 Å².